The van der Waals surface area contributed by atoms with E-state index in [4.69, 9.17) is 0 Å². The Bertz CT molecular complexity index is 721. The largest absolute Gasteiger partial charge is 0.416 e. The predicted octanol–water partition coefficient (Wildman–Crippen LogP) is 1.84. The van der Waals surface area contributed by atoms with Crippen LogP contribution in [0.4, 0.5) is 17.6 Å². The highest BCUT2D eigenvalue weighted by Gasteiger charge is 2.33. The highest BCUT2D eigenvalue weighted by Crippen LogP contribution is 2.32. The zero-order chi connectivity index (χ0) is 19.8. The first-order valence-electron chi connectivity index (χ1n) is 7.94. The zero-order valence-corrected chi connectivity index (χ0v) is 15.3. The first kappa shape index (κ1) is 22.2. The first-order valence-corrected chi connectivity index (χ1v) is 9.59. The van der Waals surface area contributed by atoms with Gasteiger partial charge in [-0.3, -0.25) is 0 Å². The van der Waals surface area contributed by atoms with Crippen LogP contribution in [0.5, 0.6) is 0 Å². The van der Waals surface area contributed by atoms with Crippen molar-refractivity contribution in [3.05, 3.63) is 35.1 Å². The van der Waals surface area contributed by atoms with Crippen LogP contribution in [0, 0.1) is 5.82 Å². The number of guanidine groups is 1. The quantitative estimate of drug-likeness (QED) is 0.270. The topological polar surface area (TPSA) is 82.6 Å². The van der Waals surface area contributed by atoms with Gasteiger partial charge in [0.05, 0.1) is 17.9 Å². The standard InChI is InChI=1S/C15H22F4N4O2S/c1-3-20-14(21-7-8-23-26(24,25)4-2)22-10-11-5-6-12(16)9-13(11)15(17,18)19/h5-6,9,23H,3-4,7-8,10H2,1-2H3,(H2,20,21,22). The molecule has 0 aromatic heterocycles. The van der Waals surface area contributed by atoms with E-state index in [0.717, 1.165) is 12.1 Å². The fourth-order valence-electron chi connectivity index (χ4n) is 1.95. The fourth-order valence-corrected chi connectivity index (χ4v) is 2.56. The van der Waals surface area contributed by atoms with Gasteiger partial charge in [-0.1, -0.05) is 6.07 Å². The molecule has 3 N–H and O–H groups in total. The molecule has 0 heterocycles. The minimum absolute atomic E-state index is 0.0497. The van der Waals surface area contributed by atoms with Crippen molar-refractivity contribution < 1.29 is 26.0 Å². The van der Waals surface area contributed by atoms with Crippen molar-refractivity contribution in [1.82, 2.24) is 15.4 Å². The van der Waals surface area contributed by atoms with E-state index in [1.807, 2.05) is 0 Å². The number of hydrogen-bond donors (Lipinski definition) is 3. The molecule has 0 saturated carbocycles. The van der Waals surface area contributed by atoms with Gasteiger partial charge in [-0.15, -0.1) is 0 Å². The lowest BCUT2D eigenvalue weighted by Crippen LogP contribution is -2.41. The number of nitrogens with zero attached hydrogens (tertiary/aromatic N) is 1. The molecule has 11 heteroatoms. The number of hydrogen-bond acceptors (Lipinski definition) is 3. The summed E-state index contributed by atoms with van der Waals surface area (Å²) < 4.78 is 77.0. The van der Waals surface area contributed by atoms with E-state index < -0.39 is 27.6 Å². The fraction of sp³-hybridized carbons (Fsp3) is 0.533. The Kier molecular flexibility index (Phi) is 8.28. The third-order valence-corrected chi connectivity index (χ3v) is 4.65. The lowest BCUT2D eigenvalue weighted by Gasteiger charge is -2.14. The molecule has 1 rings (SSSR count). The van der Waals surface area contributed by atoms with E-state index in [9.17, 15) is 26.0 Å². The molecule has 0 aliphatic rings. The average Bonchev–Trinajstić information content (AvgIpc) is 2.56. The van der Waals surface area contributed by atoms with Crippen molar-refractivity contribution in [3.63, 3.8) is 0 Å². The Morgan fingerprint density at radius 2 is 1.85 bits per heavy atom. The van der Waals surface area contributed by atoms with E-state index in [1.54, 1.807) is 6.92 Å². The normalized spacial score (nSPS) is 12.9. The summed E-state index contributed by atoms with van der Waals surface area (Å²) in [5.41, 5.74) is -1.24. The summed E-state index contributed by atoms with van der Waals surface area (Å²) in [5.74, 6) is -0.801. The van der Waals surface area contributed by atoms with Gasteiger partial charge in [0.15, 0.2) is 5.96 Å². The highest BCUT2D eigenvalue weighted by molar-refractivity contribution is 7.89. The van der Waals surface area contributed by atoms with Crippen LogP contribution in [0.1, 0.15) is 25.0 Å². The maximum absolute atomic E-state index is 13.1. The molecule has 0 radical (unpaired) electrons. The molecule has 1 aromatic rings. The van der Waals surface area contributed by atoms with Crippen molar-refractivity contribution in [2.75, 3.05) is 25.4 Å². The summed E-state index contributed by atoms with van der Waals surface area (Å²) in [6.45, 7) is 3.72. The number of rotatable bonds is 8. The van der Waals surface area contributed by atoms with Gasteiger partial charge in [0.25, 0.3) is 0 Å². The van der Waals surface area contributed by atoms with E-state index in [0.29, 0.717) is 12.6 Å². The van der Waals surface area contributed by atoms with Gasteiger partial charge in [0, 0.05) is 19.6 Å². The number of alkyl halides is 3. The van der Waals surface area contributed by atoms with Crippen molar-refractivity contribution in [3.8, 4) is 0 Å². The second kappa shape index (κ2) is 9.72. The lowest BCUT2D eigenvalue weighted by molar-refractivity contribution is -0.138. The molecule has 26 heavy (non-hydrogen) atoms. The summed E-state index contributed by atoms with van der Waals surface area (Å²) in [7, 11) is -3.32. The predicted molar refractivity (Wildman–Crippen MR) is 91.7 cm³/mol. The third kappa shape index (κ3) is 7.56. The van der Waals surface area contributed by atoms with Crippen LogP contribution in [0.25, 0.3) is 0 Å². The Hall–Kier alpha value is -1.88. The zero-order valence-electron chi connectivity index (χ0n) is 14.5. The maximum atomic E-state index is 13.1. The van der Waals surface area contributed by atoms with Crippen LogP contribution in [0.2, 0.25) is 0 Å². The minimum atomic E-state index is -4.68. The second-order valence-electron chi connectivity index (χ2n) is 5.22. The minimum Gasteiger partial charge on any atom is -0.357 e. The smallest absolute Gasteiger partial charge is 0.357 e. The average molecular weight is 398 g/mol. The SMILES string of the molecule is CCNC(=NCc1ccc(F)cc1C(F)(F)F)NCCNS(=O)(=O)CC. The number of halogens is 4. The molecule has 0 bridgehead atoms. The van der Waals surface area contributed by atoms with Crippen LogP contribution in [-0.2, 0) is 22.7 Å². The first-order chi connectivity index (χ1) is 12.1. The van der Waals surface area contributed by atoms with E-state index in [2.05, 4.69) is 20.3 Å². The van der Waals surface area contributed by atoms with Crippen molar-refractivity contribution in [2.24, 2.45) is 4.99 Å². The van der Waals surface area contributed by atoms with E-state index >= 15 is 0 Å². The molecule has 0 atom stereocenters. The number of sulfonamides is 1. The van der Waals surface area contributed by atoms with Gasteiger partial charge < -0.3 is 10.6 Å². The summed E-state index contributed by atoms with van der Waals surface area (Å²) in [6, 6.07) is 2.42. The van der Waals surface area contributed by atoms with Crippen molar-refractivity contribution >= 4 is 16.0 Å². The Morgan fingerprint density at radius 3 is 2.42 bits per heavy atom. The monoisotopic (exact) mass is 398 g/mol. The molecule has 0 spiro atoms. The summed E-state index contributed by atoms with van der Waals surface area (Å²) in [6.07, 6.45) is -4.68. The molecule has 1 aromatic carbocycles. The second-order valence-corrected chi connectivity index (χ2v) is 7.31. The van der Waals surface area contributed by atoms with Crippen molar-refractivity contribution in [1.29, 1.82) is 0 Å². The Morgan fingerprint density at radius 1 is 1.15 bits per heavy atom. The molecule has 0 amide bonds. The molecule has 0 aliphatic heterocycles. The third-order valence-electron chi connectivity index (χ3n) is 3.25. The molecular formula is C15H22F4N4O2S. The van der Waals surface area contributed by atoms with Crippen LogP contribution in [-0.4, -0.2) is 39.8 Å². The van der Waals surface area contributed by atoms with Gasteiger partial charge in [0.2, 0.25) is 10.0 Å². The van der Waals surface area contributed by atoms with Gasteiger partial charge in [-0.25, -0.2) is 22.5 Å². The van der Waals surface area contributed by atoms with Gasteiger partial charge in [-0.05, 0) is 31.5 Å². The van der Waals surface area contributed by atoms with Crippen LogP contribution in [0.3, 0.4) is 0 Å². The summed E-state index contributed by atoms with van der Waals surface area (Å²) in [5, 5.41) is 5.65. The molecule has 0 unspecified atom stereocenters. The van der Waals surface area contributed by atoms with E-state index in [1.165, 1.54) is 6.92 Å². The molecule has 148 valence electrons. The molecule has 0 saturated heterocycles. The summed E-state index contributed by atoms with van der Waals surface area (Å²) in [4.78, 5) is 4.04. The molecule has 6 nitrogen and oxygen atoms in total. The van der Waals surface area contributed by atoms with Gasteiger partial charge in [0.1, 0.15) is 5.82 Å². The van der Waals surface area contributed by atoms with Crippen molar-refractivity contribution in [2.45, 2.75) is 26.6 Å². The molecule has 0 fully saturated rings. The van der Waals surface area contributed by atoms with Crippen LogP contribution < -0.4 is 15.4 Å². The maximum Gasteiger partial charge on any atom is 0.416 e. The Labute approximate surface area is 150 Å². The Balaban J connectivity index is 2.78. The number of nitrogens with one attached hydrogen (secondary N) is 3. The highest BCUT2D eigenvalue weighted by atomic mass is 32.2. The number of aliphatic imine (C=N–C) groups is 1. The summed E-state index contributed by atoms with van der Waals surface area (Å²) >= 11 is 0. The van der Waals surface area contributed by atoms with Crippen LogP contribution in [0.15, 0.2) is 23.2 Å². The van der Waals surface area contributed by atoms with Gasteiger partial charge in [-0.2, -0.15) is 13.2 Å². The van der Waals surface area contributed by atoms with Crippen LogP contribution >= 0.6 is 0 Å². The number of benzene rings is 1. The lowest BCUT2D eigenvalue weighted by atomic mass is 10.1. The molecule has 0 aliphatic carbocycles. The molecular weight excluding hydrogens is 376 g/mol. The van der Waals surface area contributed by atoms with Gasteiger partial charge >= 0.3 is 6.18 Å². The van der Waals surface area contributed by atoms with E-state index in [-0.39, 0.29) is 36.9 Å².